The van der Waals surface area contributed by atoms with E-state index in [4.69, 9.17) is 0 Å². The van der Waals surface area contributed by atoms with Crippen molar-refractivity contribution >= 4 is 37.7 Å². The molecule has 5 heteroatoms. The van der Waals surface area contributed by atoms with Crippen LogP contribution in [0.3, 0.4) is 0 Å². The average Bonchev–Trinajstić information content (AvgIpc) is 0.811. The Morgan fingerprint density at radius 2 is 1.00 bits per heavy atom. The zero-order valence-electron chi connectivity index (χ0n) is 1.39. The van der Waals surface area contributed by atoms with Crippen molar-refractivity contribution in [2.75, 3.05) is 0 Å². The first-order chi connectivity index (χ1) is 1.73. The molecule has 0 heterocycles. The van der Waals surface area contributed by atoms with E-state index in [1.54, 1.807) is 0 Å². The van der Waals surface area contributed by atoms with Crippen LogP contribution in [0.5, 0.6) is 0 Å². The summed E-state index contributed by atoms with van der Waals surface area (Å²) >= 11 is -4.44. The van der Waals surface area contributed by atoms with Crippen molar-refractivity contribution < 1.29 is 37.8 Å². The molecule has 0 aliphatic heterocycles. The first-order valence-electron chi connectivity index (χ1n) is 0.293. The van der Waals surface area contributed by atoms with E-state index < -0.39 is 33.4 Å². The van der Waals surface area contributed by atoms with Gasteiger partial charge < -0.3 is 0 Å². The van der Waals surface area contributed by atoms with Crippen molar-refractivity contribution in [1.29, 1.82) is 0 Å². The van der Waals surface area contributed by atoms with Gasteiger partial charge in [0.15, 0.2) is 0 Å². The Hall–Kier alpha value is 2.28. The van der Waals surface area contributed by atoms with E-state index in [0.29, 0.717) is 0 Å². The summed E-state index contributed by atoms with van der Waals surface area (Å²) in [5.41, 5.74) is 0. The molecule has 0 aliphatic rings. The van der Waals surface area contributed by atoms with E-state index in [0.717, 1.165) is 0 Å². The molecule has 0 aliphatic carbocycles. The first-order valence-corrected chi connectivity index (χ1v) is 2.17. The molecule has 0 bridgehead atoms. The van der Waals surface area contributed by atoms with Crippen LogP contribution in [0.15, 0.2) is 0 Å². The fourth-order valence-corrected chi connectivity index (χ4v) is 0. The van der Waals surface area contributed by atoms with Gasteiger partial charge in [0.2, 0.25) is 0 Å². The van der Waals surface area contributed by atoms with Gasteiger partial charge in [0, 0.05) is 0 Å². The van der Waals surface area contributed by atoms with Crippen molar-refractivity contribution in [3.63, 3.8) is 0 Å². The minimum atomic E-state index is -4.44. The Bertz CT molecular complexity index is 11.6. The van der Waals surface area contributed by atoms with Crippen molar-refractivity contribution in [2.45, 2.75) is 0 Å². The average molecular weight is 274 g/mol. The molecule has 0 N–H and O–H groups in total. The summed E-state index contributed by atoms with van der Waals surface area (Å²) in [6, 6.07) is 0. The molecule has 0 saturated heterocycles. The molecular weight excluding hydrogens is 272 g/mol. The van der Waals surface area contributed by atoms with Gasteiger partial charge in [-0.05, 0) is 0 Å². The summed E-state index contributed by atoms with van der Waals surface area (Å²) in [6.07, 6.45) is 0. The normalized spacial score (nSPS) is 9.00. The van der Waals surface area contributed by atoms with E-state index in [2.05, 4.69) is 0 Å². The maximum atomic E-state index is 9.78. The number of hydrogen-bond acceptors (Lipinski definition) is 0. The van der Waals surface area contributed by atoms with Crippen molar-refractivity contribution in [2.24, 2.45) is 0 Å². The first kappa shape index (κ1) is 10.3. The molecule has 40 valence electrons. The Morgan fingerprint density at radius 1 is 1.00 bits per heavy atom. The summed E-state index contributed by atoms with van der Waals surface area (Å²) in [7, 11) is 0. The molecule has 0 aromatic rings. The molecule has 0 spiro atoms. The SMILES string of the molecule is [CaH2].[F][Lu]([F])[F]. The third kappa shape index (κ3) is 22.1. The topological polar surface area (TPSA) is 0 Å². The Labute approximate surface area is 73.8 Å². The van der Waals surface area contributed by atoms with Gasteiger partial charge in [-0.25, -0.2) is 0 Å². The zero-order valence-corrected chi connectivity index (χ0v) is 3.05. The van der Waals surface area contributed by atoms with Crippen LogP contribution < -0.4 is 0 Å². The van der Waals surface area contributed by atoms with Crippen LogP contribution in [-0.4, -0.2) is 37.7 Å². The van der Waals surface area contributed by atoms with Gasteiger partial charge in [0.1, 0.15) is 0 Å². The summed E-state index contributed by atoms with van der Waals surface area (Å²) in [4.78, 5) is 0. The zero-order chi connectivity index (χ0) is 3.58. The molecular formula is H2CaF3Lu. The second kappa shape index (κ2) is 6.28. The Balaban J connectivity index is 0. The molecule has 0 aromatic heterocycles. The monoisotopic (exact) mass is 274 g/mol. The molecule has 0 unspecified atom stereocenters. The van der Waals surface area contributed by atoms with Gasteiger partial charge in [0.25, 0.3) is 0 Å². The summed E-state index contributed by atoms with van der Waals surface area (Å²) in [5, 5.41) is 0. The molecule has 5 heavy (non-hydrogen) atoms. The van der Waals surface area contributed by atoms with Crippen LogP contribution in [0.2, 0.25) is 0 Å². The number of rotatable bonds is 0. The quantitative estimate of drug-likeness (QED) is 0.559. The molecule has 0 atom stereocenters. The summed E-state index contributed by atoms with van der Waals surface area (Å²) < 4.78 is 29.3. The van der Waals surface area contributed by atoms with E-state index >= 15 is 0 Å². The Morgan fingerprint density at radius 3 is 1.00 bits per heavy atom. The molecule has 0 rings (SSSR count). The van der Waals surface area contributed by atoms with E-state index in [-0.39, 0.29) is 37.7 Å². The van der Waals surface area contributed by atoms with Crippen LogP contribution in [0.4, 0.5) is 4.39 Å². The summed E-state index contributed by atoms with van der Waals surface area (Å²) in [6.45, 7) is 0. The molecule has 0 aromatic carbocycles. The van der Waals surface area contributed by atoms with Gasteiger partial charge in [-0.3, -0.25) is 0 Å². The van der Waals surface area contributed by atoms with Crippen LogP contribution in [0.25, 0.3) is 0 Å². The third-order valence-corrected chi connectivity index (χ3v) is 0. The van der Waals surface area contributed by atoms with Crippen molar-refractivity contribution in [3.05, 3.63) is 0 Å². The predicted molar refractivity (Wildman–Crippen MR) is 11.9 cm³/mol. The predicted octanol–water partition coefficient (Wildman–Crippen LogP) is 0.344. The molecule has 0 fully saturated rings. The van der Waals surface area contributed by atoms with E-state index in [9.17, 15) is 4.39 Å². The van der Waals surface area contributed by atoms with Gasteiger partial charge in [0.05, 0.1) is 0 Å². The van der Waals surface area contributed by atoms with Crippen LogP contribution in [-0.2, 0) is 0 Å². The van der Waals surface area contributed by atoms with Crippen LogP contribution in [0, 0.1) is 33.4 Å². The fourth-order valence-electron chi connectivity index (χ4n) is 0. The number of hydrogen-bond donors (Lipinski definition) is 0. The van der Waals surface area contributed by atoms with E-state index in [1.165, 1.54) is 0 Å². The van der Waals surface area contributed by atoms with Gasteiger partial charge in [-0.2, -0.15) is 0 Å². The molecule has 0 radical (unpaired) electrons. The second-order valence-corrected chi connectivity index (χ2v) is 0.821. The number of halogens is 3. The van der Waals surface area contributed by atoms with Crippen LogP contribution >= 0.6 is 0 Å². The van der Waals surface area contributed by atoms with E-state index in [1.807, 2.05) is 0 Å². The molecule has 0 nitrogen and oxygen atoms in total. The molecule has 0 saturated carbocycles. The van der Waals surface area contributed by atoms with Crippen molar-refractivity contribution in [3.8, 4) is 0 Å². The van der Waals surface area contributed by atoms with Gasteiger partial charge in [-0.1, -0.05) is 0 Å². The Kier molecular flexibility index (Phi) is 12.9. The van der Waals surface area contributed by atoms with Gasteiger partial charge >= 0.3 is 75.5 Å². The molecule has 0 amide bonds. The fraction of sp³-hybridized carbons (Fsp3) is 0. The standard InChI is InChI=1S/Ca.3FH.Lu.2H/h;3*1H;;;/q;;;;+3;;/p-3. The summed E-state index contributed by atoms with van der Waals surface area (Å²) in [5.74, 6) is 0. The van der Waals surface area contributed by atoms with Gasteiger partial charge in [-0.15, -0.1) is 0 Å². The second-order valence-electron chi connectivity index (χ2n) is 0.111. The third-order valence-electron chi connectivity index (χ3n) is 0. The maximum absolute atomic E-state index is 9.78. The van der Waals surface area contributed by atoms with Crippen LogP contribution in [0.1, 0.15) is 0 Å². The minimum absolute atomic E-state index is 0. The van der Waals surface area contributed by atoms with Crippen molar-refractivity contribution in [1.82, 2.24) is 0 Å².